The molecule has 10 atom stereocenters. The summed E-state index contributed by atoms with van der Waals surface area (Å²) in [6, 6.07) is 0.422. The Kier molecular flexibility index (Phi) is 17.1. The second kappa shape index (κ2) is 22.9. The van der Waals surface area contributed by atoms with E-state index in [-0.39, 0.29) is 67.7 Å². The van der Waals surface area contributed by atoms with Crippen molar-refractivity contribution < 1.29 is 53.8 Å². The van der Waals surface area contributed by atoms with Crippen LogP contribution in [0.15, 0.2) is 46.1 Å². The zero-order valence-corrected chi connectivity index (χ0v) is 46.7. The molecule has 0 radical (unpaired) electrons. The smallest absolute Gasteiger partial charge is 0.318 e. The topological polar surface area (TPSA) is 223 Å². The first-order chi connectivity index (χ1) is 36.0. The molecule has 3 fully saturated rings. The van der Waals surface area contributed by atoms with Gasteiger partial charge in [-0.25, -0.2) is 0 Å². The molecule has 1 spiro atoms. The number of benzene rings is 2. The van der Waals surface area contributed by atoms with Crippen LogP contribution in [-0.2, 0) is 23.9 Å². The number of piperidine rings is 3. The first kappa shape index (κ1) is 56.8. The molecule has 3 saturated heterocycles. The maximum atomic E-state index is 15.0. The minimum absolute atomic E-state index is 0.0440. The van der Waals surface area contributed by atoms with Gasteiger partial charge in [-0.15, -0.1) is 0 Å². The zero-order chi connectivity index (χ0) is 55.1. The molecule has 76 heavy (non-hydrogen) atoms. The molecule has 2 aromatic rings. The van der Waals surface area contributed by atoms with Gasteiger partial charge in [0.2, 0.25) is 5.91 Å². The molecular weight excluding hydrogens is 969 g/mol. The highest BCUT2D eigenvalue weighted by atomic mass is 16.7. The normalized spacial score (nSPS) is 31.9. The number of aliphatic hydroxyl groups excluding tert-OH is 2. The number of carbonyl (C=O) groups is 4. The van der Waals surface area contributed by atoms with Crippen LogP contribution in [0.3, 0.4) is 0 Å². The molecule has 0 saturated carbocycles. The van der Waals surface area contributed by atoms with E-state index in [2.05, 4.69) is 29.0 Å². The Labute approximate surface area is 448 Å². The summed E-state index contributed by atoms with van der Waals surface area (Å²) in [6.07, 6.45) is 11.5. The van der Waals surface area contributed by atoms with E-state index in [1.165, 1.54) is 32.4 Å². The number of ether oxygens (including phenoxy) is 3. The molecule has 2 amide bonds. The number of likely N-dealkylation sites (tertiary alicyclic amines) is 3. The van der Waals surface area contributed by atoms with Crippen LogP contribution in [-0.4, -0.2) is 140 Å². The van der Waals surface area contributed by atoms with Crippen LogP contribution in [0.5, 0.6) is 17.2 Å². The van der Waals surface area contributed by atoms with Gasteiger partial charge in [0.1, 0.15) is 34.6 Å². The SMILES string of the molecule is CCC(C(=O)O[C@H]1[C@H](C)[C@H](O)[C@H](C)[C@@H](O)[C@@H](C)/C=C/C=C(/C)C(=O)Nc2c(O)c3c(O)c(C)c4c(c3c3c2=NC2(CCN(CC(C)C)CC2)N=3)C(=O)[C@@](C)(O/C=C/[C@H](C)[C@H]1C)O4)C(=O)N1CCC(N2CCCCC2)CC1. The van der Waals surface area contributed by atoms with E-state index in [9.17, 15) is 39.6 Å². The van der Waals surface area contributed by atoms with Crippen LogP contribution in [0.1, 0.15) is 137 Å². The minimum Gasteiger partial charge on any atom is -0.507 e. The summed E-state index contributed by atoms with van der Waals surface area (Å²) in [5.41, 5.74) is -0.580. The highest BCUT2D eigenvalue weighted by Gasteiger charge is 2.50. The third-order valence-corrected chi connectivity index (χ3v) is 17.7. The van der Waals surface area contributed by atoms with E-state index in [1.54, 1.807) is 70.7 Å². The average molecular weight is 1050 g/mol. The van der Waals surface area contributed by atoms with E-state index >= 15 is 0 Å². The van der Waals surface area contributed by atoms with E-state index in [0.29, 0.717) is 51.0 Å². The summed E-state index contributed by atoms with van der Waals surface area (Å²) >= 11 is 0. The van der Waals surface area contributed by atoms with Crippen LogP contribution in [0.25, 0.3) is 10.8 Å². The highest BCUT2D eigenvalue weighted by molar-refractivity contribution is 6.19. The fourth-order valence-corrected chi connectivity index (χ4v) is 12.5. The van der Waals surface area contributed by atoms with Crippen LogP contribution in [0.2, 0.25) is 0 Å². The Morgan fingerprint density at radius 2 is 1.50 bits per heavy atom. The largest absolute Gasteiger partial charge is 0.507 e. The summed E-state index contributed by atoms with van der Waals surface area (Å²) < 4.78 is 19.1. The molecule has 416 valence electrons. The number of aromatic hydroxyl groups is 2. The lowest BCUT2D eigenvalue weighted by atomic mass is 9.77. The molecule has 7 aliphatic rings. The number of allylic oxidation sites excluding steroid dienone is 3. The van der Waals surface area contributed by atoms with E-state index in [0.717, 1.165) is 32.5 Å². The summed E-state index contributed by atoms with van der Waals surface area (Å²) in [6.45, 7) is 25.5. The van der Waals surface area contributed by atoms with Crippen LogP contribution >= 0.6 is 0 Å². The van der Waals surface area contributed by atoms with Gasteiger partial charge in [0, 0.05) is 92.8 Å². The fraction of sp³-hybridized carbons (Fsp3) is 0.661. The van der Waals surface area contributed by atoms with E-state index in [4.69, 9.17) is 24.2 Å². The van der Waals surface area contributed by atoms with Gasteiger partial charge in [0.15, 0.2) is 11.4 Å². The molecule has 0 aromatic heterocycles. The highest BCUT2D eigenvalue weighted by Crippen LogP contribution is 2.50. The van der Waals surface area contributed by atoms with Gasteiger partial charge >= 0.3 is 11.8 Å². The van der Waals surface area contributed by atoms with E-state index in [1.807, 2.05) is 13.8 Å². The predicted molar refractivity (Wildman–Crippen MR) is 289 cm³/mol. The van der Waals surface area contributed by atoms with Gasteiger partial charge in [0.25, 0.3) is 11.7 Å². The van der Waals surface area contributed by atoms with Gasteiger partial charge in [0.05, 0.1) is 34.8 Å². The number of aliphatic hydroxyl groups is 2. The molecule has 2 aromatic carbocycles. The lowest BCUT2D eigenvalue weighted by Gasteiger charge is -2.41. The Hall–Kier alpha value is -5.36. The third-order valence-electron chi connectivity index (χ3n) is 17.7. The lowest BCUT2D eigenvalue weighted by Crippen LogP contribution is -2.51. The number of esters is 1. The Bertz CT molecular complexity index is 2770. The van der Waals surface area contributed by atoms with Gasteiger partial charge in [-0.1, -0.05) is 80.0 Å². The lowest BCUT2D eigenvalue weighted by molar-refractivity contribution is -0.170. The first-order valence-corrected chi connectivity index (χ1v) is 28.1. The molecular formula is C59H84N6O11. The fourth-order valence-electron chi connectivity index (χ4n) is 12.5. The second-order valence-corrected chi connectivity index (χ2v) is 23.6. The summed E-state index contributed by atoms with van der Waals surface area (Å²) in [4.78, 5) is 74.8. The number of ketones is 1. The Balaban J connectivity index is 1.15. The van der Waals surface area contributed by atoms with Crippen molar-refractivity contribution in [2.45, 2.75) is 163 Å². The quantitative estimate of drug-likeness (QED) is 0.109. The van der Waals surface area contributed by atoms with Crippen molar-refractivity contribution >= 4 is 40.0 Å². The average Bonchev–Trinajstić information content (AvgIpc) is 3.91. The summed E-state index contributed by atoms with van der Waals surface area (Å²) in [5, 5.41) is 51.4. The number of anilines is 1. The first-order valence-electron chi connectivity index (χ1n) is 28.1. The minimum atomic E-state index is -1.96. The number of hydrogen-bond acceptors (Lipinski definition) is 15. The Morgan fingerprint density at radius 1 is 0.842 bits per heavy atom. The number of nitrogens with zero attached hydrogens (tertiary/aromatic N) is 5. The predicted octanol–water partition coefficient (Wildman–Crippen LogP) is 6.85. The molecule has 7 heterocycles. The molecule has 0 aliphatic carbocycles. The number of amides is 2. The number of Topliss-reactive ketones (excluding diaryl/α,β-unsaturated/α-hetero) is 1. The molecule has 1 unspecified atom stereocenters. The number of phenols is 2. The van der Waals surface area contributed by atoms with Crippen molar-refractivity contribution in [2.24, 2.45) is 51.4 Å². The van der Waals surface area contributed by atoms with Crippen LogP contribution < -0.4 is 20.8 Å². The van der Waals surface area contributed by atoms with Crippen molar-refractivity contribution in [2.75, 3.05) is 51.1 Å². The number of carbonyl (C=O) groups excluding carboxylic acids is 4. The summed E-state index contributed by atoms with van der Waals surface area (Å²) in [7, 11) is 0. The van der Waals surface area contributed by atoms with Crippen molar-refractivity contribution in [3.8, 4) is 17.2 Å². The third kappa shape index (κ3) is 11.0. The van der Waals surface area contributed by atoms with Gasteiger partial charge in [-0.2, -0.15) is 0 Å². The number of hydrogen-bond donors (Lipinski definition) is 5. The van der Waals surface area contributed by atoms with Gasteiger partial charge < -0.3 is 54.7 Å². The standard InChI is InChI=1S/C59H84N6O11/c1-12-41(56(72)65-26-19-40(20-27-65)64-24-14-13-15-25-64)57(73)75-52-36(7)33(4)21-30-74-58(11)54(70)44-42-43(50(68)39(10)53(44)76-58)51(69)47(46-45(42)61-59(62-46)22-28-63(29-23-59)31-32(2)3)60-55(71)35(6)18-16-17-34(5)48(66)37(8)49(67)38(52)9/h16-18,21,30,32-34,36-38,40-41,48-49,52,66-69H,12-15,19-20,22-29,31H2,1-11H3,(H,60,71)/b17-16+,30-21+,35-18-/t33-,34-,36+,37+,38+,41?,48-,49+,52+,58-/m0/s1. The van der Waals surface area contributed by atoms with Gasteiger partial charge in [-0.05, 0) is 82.9 Å². The molecule has 17 nitrogen and oxygen atoms in total. The van der Waals surface area contributed by atoms with Crippen LogP contribution in [0, 0.1) is 48.3 Å². The number of nitrogens with one attached hydrogen (secondary N) is 1. The van der Waals surface area contributed by atoms with E-state index < -0.39 is 88.7 Å². The monoisotopic (exact) mass is 1050 g/mol. The maximum Gasteiger partial charge on any atom is 0.318 e. The van der Waals surface area contributed by atoms with Crippen molar-refractivity contribution in [3.63, 3.8) is 0 Å². The Morgan fingerprint density at radius 3 is 2.14 bits per heavy atom. The molecule has 17 heteroatoms. The maximum absolute atomic E-state index is 15.0. The van der Waals surface area contributed by atoms with Crippen molar-refractivity contribution in [1.82, 2.24) is 14.7 Å². The van der Waals surface area contributed by atoms with Gasteiger partial charge in [-0.3, -0.25) is 29.2 Å². The van der Waals surface area contributed by atoms with Crippen molar-refractivity contribution in [3.05, 3.63) is 58.0 Å². The molecule has 7 aliphatic heterocycles. The molecule has 9 rings (SSSR count). The van der Waals surface area contributed by atoms with Crippen LogP contribution in [0.4, 0.5) is 5.69 Å². The molecule has 5 bridgehead atoms. The molecule has 5 N–H and O–H groups in total. The number of fused-ring (bicyclic) bond motifs is 13. The number of rotatable bonds is 7. The summed E-state index contributed by atoms with van der Waals surface area (Å²) in [5.74, 6) is -8.40. The zero-order valence-electron chi connectivity index (χ0n) is 46.7. The number of phenolic OH excluding ortho intramolecular Hbond substituents is 2. The second-order valence-electron chi connectivity index (χ2n) is 23.6. The van der Waals surface area contributed by atoms with Crippen molar-refractivity contribution in [1.29, 1.82) is 0 Å².